The first-order valence-electron chi connectivity index (χ1n) is 7.34. The number of fused-ring (bicyclic) bond motifs is 1. The summed E-state index contributed by atoms with van der Waals surface area (Å²) in [4.78, 5) is 11.1. The SMILES string of the molecule is O=C(O)CC1(c2cc3c(cc2Cl)OCC2(CC2)CO3)CC1. The standard InChI is InChI=1S/C16H17ClO4/c17-11-6-13-12(20-8-15(1-2-15)9-21-13)5-10(11)16(3-4-16)7-14(18)19/h5-6H,1-4,7-9H2,(H,18,19). The number of ether oxygens (including phenoxy) is 2. The molecular weight excluding hydrogens is 292 g/mol. The molecule has 0 saturated heterocycles. The van der Waals surface area contributed by atoms with Crippen LogP contribution in [0.5, 0.6) is 11.5 Å². The number of benzene rings is 1. The highest BCUT2D eigenvalue weighted by molar-refractivity contribution is 6.31. The van der Waals surface area contributed by atoms with Crippen molar-refractivity contribution in [2.24, 2.45) is 5.41 Å². The Kier molecular flexibility index (Phi) is 2.71. The third kappa shape index (κ3) is 2.26. The number of halogens is 1. The van der Waals surface area contributed by atoms with Crippen molar-refractivity contribution in [3.05, 3.63) is 22.7 Å². The number of hydrogen-bond acceptors (Lipinski definition) is 3. The van der Waals surface area contributed by atoms with Crippen LogP contribution >= 0.6 is 11.6 Å². The summed E-state index contributed by atoms with van der Waals surface area (Å²) >= 11 is 6.38. The Hall–Kier alpha value is -1.42. The molecule has 1 heterocycles. The number of rotatable bonds is 3. The molecule has 1 aromatic carbocycles. The molecule has 0 aromatic heterocycles. The molecule has 1 spiro atoms. The Morgan fingerprint density at radius 1 is 1.14 bits per heavy atom. The maximum Gasteiger partial charge on any atom is 0.304 e. The van der Waals surface area contributed by atoms with Gasteiger partial charge >= 0.3 is 5.97 Å². The van der Waals surface area contributed by atoms with E-state index in [1.807, 2.05) is 6.07 Å². The lowest BCUT2D eigenvalue weighted by Gasteiger charge is -2.17. The van der Waals surface area contributed by atoms with Crippen LogP contribution in [0.1, 0.15) is 37.7 Å². The van der Waals surface area contributed by atoms with Crippen LogP contribution in [0.25, 0.3) is 0 Å². The van der Waals surface area contributed by atoms with Gasteiger partial charge in [0.15, 0.2) is 11.5 Å². The van der Waals surface area contributed by atoms with Crippen molar-refractivity contribution in [1.82, 2.24) is 0 Å². The van der Waals surface area contributed by atoms with Gasteiger partial charge in [0.05, 0.1) is 19.6 Å². The van der Waals surface area contributed by atoms with Crippen molar-refractivity contribution in [1.29, 1.82) is 0 Å². The molecule has 2 aliphatic carbocycles. The second-order valence-electron chi connectivity index (χ2n) is 6.71. The van der Waals surface area contributed by atoms with E-state index in [-0.39, 0.29) is 17.3 Å². The Bertz CT molecular complexity index is 617. The van der Waals surface area contributed by atoms with Crippen LogP contribution < -0.4 is 9.47 Å². The molecular formula is C16H17ClO4. The van der Waals surface area contributed by atoms with E-state index < -0.39 is 5.97 Å². The first-order valence-corrected chi connectivity index (χ1v) is 7.71. The quantitative estimate of drug-likeness (QED) is 0.930. The van der Waals surface area contributed by atoms with Crippen LogP contribution in [-0.4, -0.2) is 24.3 Å². The minimum atomic E-state index is -0.785. The van der Waals surface area contributed by atoms with E-state index in [0.29, 0.717) is 29.7 Å². The molecule has 3 aliphatic rings. The van der Waals surface area contributed by atoms with Crippen molar-refractivity contribution >= 4 is 17.6 Å². The molecule has 5 heteroatoms. The maximum atomic E-state index is 11.1. The van der Waals surface area contributed by atoms with E-state index in [4.69, 9.17) is 26.2 Å². The third-order valence-electron chi connectivity index (χ3n) is 4.97. The van der Waals surface area contributed by atoms with Gasteiger partial charge in [0.1, 0.15) is 0 Å². The molecule has 1 aliphatic heterocycles. The van der Waals surface area contributed by atoms with E-state index in [2.05, 4.69) is 0 Å². The smallest absolute Gasteiger partial charge is 0.304 e. The summed E-state index contributed by atoms with van der Waals surface area (Å²) in [6.07, 6.45) is 4.14. The van der Waals surface area contributed by atoms with Crippen molar-refractivity contribution in [3.8, 4) is 11.5 Å². The number of carbonyl (C=O) groups is 1. The summed E-state index contributed by atoms with van der Waals surface area (Å²) in [5, 5.41) is 9.69. The van der Waals surface area contributed by atoms with E-state index >= 15 is 0 Å². The van der Waals surface area contributed by atoms with Gasteiger partial charge < -0.3 is 14.6 Å². The fourth-order valence-electron chi connectivity index (χ4n) is 3.12. The summed E-state index contributed by atoms with van der Waals surface area (Å²) in [6.45, 7) is 1.35. The van der Waals surface area contributed by atoms with Crippen LogP contribution in [0.4, 0.5) is 0 Å². The third-order valence-corrected chi connectivity index (χ3v) is 5.29. The predicted octanol–water partition coefficient (Wildman–Crippen LogP) is 3.40. The van der Waals surface area contributed by atoms with E-state index in [1.165, 1.54) is 0 Å². The molecule has 0 atom stereocenters. The molecule has 0 radical (unpaired) electrons. The predicted molar refractivity (Wildman–Crippen MR) is 77.3 cm³/mol. The minimum absolute atomic E-state index is 0.121. The lowest BCUT2D eigenvalue weighted by atomic mass is 9.92. The zero-order valence-electron chi connectivity index (χ0n) is 11.7. The van der Waals surface area contributed by atoms with Crippen molar-refractivity contribution < 1.29 is 19.4 Å². The lowest BCUT2D eigenvalue weighted by Crippen LogP contribution is -2.17. The van der Waals surface area contributed by atoms with Gasteiger partial charge in [-0.1, -0.05) is 11.6 Å². The second kappa shape index (κ2) is 4.29. The number of hydrogen-bond donors (Lipinski definition) is 1. The van der Waals surface area contributed by atoms with Gasteiger partial charge in [-0.2, -0.15) is 0 Å². The fraction of sp³-hybridized carbons (Fsp3) is 0.562. The minimum Gasteiger partial charge on any atom is -0.489 e. The molecule has 21 heavy (non-hydrogen) atoms. The van der Waals surface area contributed by atoms with E-state index in [9.17, 15) is 4.79 Å². The zero-order chi connectivity index (χ0) is 14.7. The number of carboxylic acid groups (broad SMARTS) is 1. The molecule has 4 nitrogen and oxygen atoms in total. The zero-order valence-corrected chi connectivity index (χ0v) is 12.4. The van der Waals surface area contributed by atoms with E-state index in [1.54, 1.807) is 6.07 Å². The summed E-state index contributed by atoms with van der Waals surface area (Å²) in [5.74, 6) is 0.598. The highest BCUT2D eigenvalue weighted by atomic mass is 35.5. The Labute approximate surface area is 128 Å². The van der Waals surface area contributed by atoms with Gasteiger partial charge in [-0.15, -0.1) is 0 Å². The van der Waals surface area contributed by atoms with Gasteiger partial charge in [-0.25, -0.2) is 0 Å². The average molecular weight is 309 g/mol. The van der Waals surface area contributed by atoms with Crippen molar-refractivity contribution in [2.45, 2.75) is 37.5 Å². The van der Waals surface area contributed by atoms with Gasteiger partial charge in [0.2, 0.25) is 0 Å². The highest BCUT2D eigenvalue weighted by Gasteiger charge is 2.49. The molecule has 0 amide bonds. The molecule has 4 rings (SSSR count). The van der Waals surface area contributed by atoms with Crippen LogP contribution in [0.15, 0.2) is 12.1 Å². The Balaban J connectivity index is 1.68. The molecule has 2 saturated carbocycles. The van der Waals surface area contributed by atoms with Crippen LogP contribution in [0.3, 0.4) is 0 Å². The Morgan fingerprint density at radius 3 is 2.29 bits per heavy atom. The Morgan fingerprint density at radius 2 is 1.76 bits per heavy atom. The molecule has 1 N–H and O–H groups in total. The van der Waals surface area contributed by atoms with Gasteiger partial charge in [0, 0.05) is 21.9 Å². The monoisotopic (exact) mass is 308 g/mol. The fourth-order valence-corrected chi connectivity index (χ4v) is 3.47. The summed E-state index contributed by atoms with van der Waals surface area (Å²) in [6, 6.07) is 3.69. The average Bonchev–Trinajstić information content (AvgIpc) is 3.31. The molecule has 1 aromatic rings. The normalized spacial score (nSPS) is 23.5. The molecule has 2 fully saturated rings. The van der Waals surface area contributed by atoms with Crippen LogP contribution in [0, 0.1) is 5.41 Å². The second-order valence-corrected chi connectivity index (χ2v) is 7.11. The molecule has 0 unspecified atom stereocenters. The molecule has 112 valence electrons. The molecule has 0 bridgehead atoms. The first kappa shape index (κ1) is 13.3. The van der Waals surface area contributed by atoms with E-state index in [0.717, 1.165) is 31.2 Å². The highest BCUT2D eigenvalue weighted by Crippen LogP contribution is 2.56. The summed E-state index contributed by atoms with van der Waals surface area (Å²) in [7, 11) is 0. The summed E-state index contributed by atoms with van der Waals surface area (Å²) < 4.78 is 11.8. The largest absolute Gasteiger partial charge is 0.489 e. The summed E-state index contributed by atoms with van der Waals surface area (Å²) in [5.41, 5.74) is 0.759. The number of aliphatic carboxylic acids is 1. The first-order chi connectivity index (χ1) is 10.0. The van der Waals surface area contributed by atoms with Gasteiger partial charge in [-0.05, 0) is 37.3 Å². The van der Waals surface area contributed by atoms with Crippen molar-refractivity contribution in [3.63, 3.8) is 0 Å². The number of carboxylic acids is 1. The van der Waals surface area contributed by atoms with Crippen LogP contribution in [0.2, 0.25) is 5.02 Å². The lowest BCUT2D eigenvalue weighted by molar-refractivity contribution is -0.137. The van der Waals surface area contributed by atoms with Crippen LogP contribution in [-0.2, 0) is 10.2 Å². The van der Waals surface area contributed by atoms with Crippen molar-refractivity contribution in [2.75, 3.05) is 13.2 Å². The van der Waals surface area contributed by atoms with Gasteiger partial charge in [-0.3, -0.25) is 4.79 Å². The topological polar surface area (TPSA) is 55.8 Å². The van der Waals surface area contributed by atoms with Gasteiger partial charge in [0.25, 0.3) is 0 Å². The maximum absolute atomic E-state index is 11.1.